The van der Waals surface area contributed by atoms with Crippen molar-refractivity contribution in [2.75, 3.05) is 18.4 Å². The molecule has 18 heavy (non-hydrogen) atoms. The second-order valence-electron chi connectivity index (χ2n) is 4.27. The van der Waals surface area contributed by atoms with Crippen molar-refractivity contribution in [3.63, 3.8) is 0 Å². The largest absolute Gasteiger partial charge is 0.334 e. The maximum Gasteiger partial charge on any atom is 0.319 e. The van der Waals surface area contributed by atoms with E-state index in [4.69, 9.17) is 11.6 Å². The first-order valence-corrected chi connectivity index (χ1v) is 6.26. The van der Waals surface area contributed by atoms with Gasteiger partial charge < -0.3 is 16.0 Å². The van der Waals surface area contributed by atoms with Crippen molar-refractivity contribution in [2.45, 2.75) is 18.9 Å². The van der Waals surface area contributed by atoms with E-state index >= 15 is 0 Å². The Bertz CT molecular complexity index is 435. The molecule has 1 fully saturated rings. The van der Waals surface area contributed by atoms with E-state index in [0.29, 0.717) is 5.69 Å². The molecule has 0 radical (unpaired) electrons. The van der Waals surface area contributed by atoms with Gasteiger partial charge >= 0.3 is 6.03 Å². The lowest BCUT2D eigenvalue weighted by Crippen LogP contribution is -2.47. The Morgan fingerprint density at radius 1 is 1.50 bits per heavy atom. The smallest absolute Gasteiger partial charge is 0.319 e. The van der Waals surface area contributed by atoms with Crippen LogP contribution in [0.1, 0.15) is 12.8 Å². The first kappa shape index (κ1) is 13.1. The Hall–Kier alpha value is -1.33. The number of urea groups is 1. The molecule has 0 saturated carbocycles. The van der Waals surface area contributed by atoms with Crippen LogP contribution in [0.2, 0.25) is 5.02 Å². The molecular weight excluding hydrogens is 257 g/mol. The Morgan fingerprint density at radius 3 is 3.00 bits per heavy atom. The lowest BCUT2D eigenvalue weighted by Gasteiger charge is -2.23. The molecule has 3 N–H and O–H groups in total. The summed E-state index contributed by atoms with van der Waals surface area (Å²) in [6, 6.07) is 3.96. The molecule has 1 aromatic rings. The quantitative estimate of drug-likeness (QED) is 0.773. The first-order chi connectivity index (χ1) is 8.65. The summed E-state index contributed by atoms with van der Waals surface area (Å²) in [4.78, 5) is 11.7. The molecule has 2 rings (SSSR count). The van der Waals surface area contributed by atoms with Crippen LogP contribution in [0.25, 0.3) is 0 Å². The van der Waals surface area contributed by atoms with Gasteiger partial charge in [0.05, 0.1) is 5.02 Å². The van der Waals surface area contributed by atoms with Gasteiger partial charge in [0.2, 0.25) is 0 Å². The Morgan fingerprint density at radius 2 is 2.33 bits per heavy atom. The Balaban J connectivity index is 1.88. The highest BCUT2D eigenvalue weighted by Gasteiger charge is 2.15. The zero-order chi connectivity index (χ0) is 13.0. The van der Waals surface area contributed by atoms with Gasteiger partial charge in [-0.15, -0.1) is 0 Å². The van der Waals surface area contributed by atoms with Crippen LogP contribution in [-0.2, 0) is 0 Å². The van der Waals surface area contributed by atoms with E-state index in [0.717, 1.165) is 25.9 Å². The zero-order valence-electron chi connectivity index (χ0n) is 9.80. The molecule has 0 spiro atoms. The van der Waals surface area contributed by atoms with Gasteiger partial charge in [-0.1, -0.05) is 11.6 Å². The van der Waals surface area contributed by atoms with Crippen LogP contribution in [0.4, 0.5) is 14.9 Å². The minimum absolute atomic E-state index is 0.0393. The van der Waals surface area contributed by atoms with Crippen molar-refractivity contribution < 1.29 is 9.18 Å². The summed E-state index contributed by atoms with van der Waals surface area (Å²) in [6.45, 7) is 1.75. The summed E-state index contributed by atoms with van der Waals surface area (Å²) in [7, 11) is 0. The Kier molecular flexibility index (Phi) is 4.38. The molecule has 1 saturated heterocycles. The van der Waals surface area contributed by atoms with Gasteiger partial charge in [0.25, 0.3) is 0 Å². The summed E-state index contributed by atoms with van der Waals surface area (Å²) < 4.78 is 13.2. The number of benzene rings is 1. The molecule has 98 valence electrons. The number of halogens is 2. The Labute approximate surface area is 110 Å². The van der Waals surface area contributed by atoms with Crippen LogP contribution in [-0.4, -0.2) is 25.2 Å². The van der Waals surface area contributed by atoms with Gasteiger partial charge in [-0.05, 0) is 37.6 Å². The topological polar surface area (TPSA) is 53.2 Å². The number of anilines is 1. The predicted molar refractivity (Wildman–Crippen MR) is 69.5 cm³/mol. The molecule has 0 aromatic heterocycles. The maximum atomic E-state index is 13.2. The minimum Gasteiger partial charge on any atom is -0.334 e. The fourth-order valence-corrected chi connectivity index (χ4v) is 2.02. The first-order valence-electron chi connectivity index (χ1n) is 5.88. The highest BCUT2D eigenvalue weighted by atomic mass is 35.5. The third kappa shape index (κ3) is 3.58. The molecular formula is C12H15ClFN3O. The van der Waals surface area contributed by atoms with Crippen molar-refractivity contribution in [1.29, 1.82) is 0 Å². The number of hydrogen-bond acceptors (Lipinski definition) is 2. The van der Waals surface area contributed by atoms with Gasteiger partial charge in [0.1, 0.15) is 5.82 Å². The lowest BCUT2D eigenvalue weighted by atomic mass is 10.1. The third-order valence-corrected chi connectivity index (χ3v) is 3.12. The number of carbonyl (C=O) groups excluding carboxylic acids is 1. The summed E-state index contributed by atoms with van der Waals surface area (Å²) in [5, 5.41) is 8.65. The van der Waals surface area contributed by atoms with Crippen LogP contribution in [0.3, 0.4) is 0 Å². The van der Waals surface area contributed by atoms with Crippen molar-refractivity contribution in [3.8, 4) is 0 Å². The second-order valence-corrected chi connectivity index (χ2v) is 4.68. The van der Waals surface area contributed by atoms with E-state index in [9.17, 15) is 9.18 Å². The number of carbonyl (C=O) groups is 1. The van der Waals surface area contributed by atoms with Crippen LogP contribution in [0.15, 0.2) is 18.2 Å². The summed E-state index contributed by atoms with van der Waals surface area (Å²) in [6.07, 6.45) is 2.00. The van der Waals surface area contributed by atoms with E-state index in [1.165, 1.54) is 12.1 Å². The number of hydrogen-bond donors (Lipinski definition) is 3. The molecule has 1 aliphatic rings. The molecule has 4 nitrogen and oxygen atoms in total. The van der Waals surface area contributed by atoms with E-state index in [1.54, 1.807) is 6.07 Å². The van der Waals surface area contributed by atoms with Crippen molar-refractivity contribution in [3.05, 3.63) is 29.0 Å². The normalized spacial score (nSPS) is 19.3. The summed E-state index contributed by atoms with van der Waals surface area (Å²) in [5.41, 5.74) is 0.387. The molecule has 2 amide bonds. The zero-order valence-corrected chi connectivity index (χ0v) is 10.6. The van der Waals surface area contributed by atoms with Crippen LogP contribution >= 0.6 is 11.6 Å². The number of amides is 2. The van der Waals surface area contributed by atoms with Gasteiger partial charge in [0.15, 0.2) is 0 Å². The van der Waals surface area contributed by atoms with Gasteiger partial charge in [-0.2, -0.15) is 0 Å². The molecule has 0 aliphatic carbocycles. The molecule has 1 heterocycles. The fraction of sp³-hybridized carbons (Fsp3) is 0.417. The average Bonchev–Trinajstić information content (AvgIpc) is 2.35. The van der Waals surface area contributed by atoms with Crippen LogP contribution < -0.4 is 16.0 Å². The van der Waals surface area contributed by atoms with Crippen molar-refractivity contribution in [2.24, 2.45) is 0 Å². The van der Waals surface area contributed by atoms with E-state index in [1.807, 2.05) is 0 Å². The number of nitrogens with one attached hydrogen (secondary N) is 3. The maximum absolute atomic E-state index is 13.2. The molecule has 0 bridgehead atoms. The van der Waals surface area contributed by atoms with Gasteiger partial charge in [-0.25, -0.2) is 9.18 Å². The van der Waals surface area contributed by atoms with Crippen molar-refractivity contribution in [1.82, 2.24) is 10.6 Å². The van der Waals surface area contributed by atoms with E-state index in [2.05, 4.69) is 16.0 Å². The molecule has 0 unspecified atom stereocenters. The molecule has 1 aliphatic heterocycles. The molecule has 1 aromatic carbocycles. The second kappa shape index (κ2) is 6.02. The number of piperidine rings is 1. The number of rotatable bonds is 2. The minimum atomic E-state index is -0.547. The van der Waals surface area contributed by atoms with E-state index in [-0.39, 0.29) is 17.1 Å². The monoisotopic (exact) mass is 271 g/mol. The lowest BCUT2D eigenvalue weighted by molar-refractivity contribution is 0.245. The highest BCUT2D eigenvalue weighted by Crippen LogP contribution is 2.18. The fourth-order valence-electron chi connectivity index (χ4n) is 1.90. The van der Waals surface area contributed by atoms with Gasteiger partial charge in [0, 0.05) is 18.3 Å². The van der Waals surface area contributed by atoms with Crippen LogP contribution in [0.5, 0.6) is 0 Å². The standard InChI is InChI=1S/C12H15ClFN3O/c13-10-4-3-8(6-11(10)14)16-12(18)17-9-2-1-5-15-7-9/h3-4,6,9,15H,1-2,5,7H2,(H2,16,17,18)/t9-/m1/s1. The van der Waals surface area contributed by atoms with Gasteiger partial charge in [-0.3, -0.25) is 0 Å². The summed E-state index contributed by atoms with van der Waals surface area (Å²) >= 11 is 5.56. The molecule has 1 atom stereocenters. The SMILES string of the molecule is O=C(Nc1ccc(Cl)c(F)c1)N[C@@H]1CCCNC1. The third-order valence-electron chi connectivity index (χ3n) is 2.81. The molecule has 6 heteroatoms. The summed E-state index contributed by atoms with van der Waals surface area (Å²) in [5.74, 6) is -0.547. The van der Waals surface area contributed by atoms with Crippen LogP contribution in [0, 0.1) is 5.82 Å². The predicted octanol–water partition coefficient (Wildman–Crippen LogP) is 2.35. The van der Waals surface area contributed by atoms with E-state index < -0.39 is 5.82 Å². The average molecular weight is 272 g/mol. The van der Waals surface area contributed by atoms with Crippen molar-refractivity contribution >= 4 is 23.3 Å². The highest BCUT2D eigenvalue weighted by molar-refractivity contribution is 6.30.